The molecule has 0 aliphatic heterocycles. The van der Waals surface area contributed by atoms with Crippen LogP contribution in [-0.2, 0) is 4.79 Å². The predicted molar refractivity (Wildman–Crippen MR) is 66.3 cm³/mol. The van der Waals surface area contributed by atoms with Gasteiger partial charge in [0.1, 0.15) is 5.69 Å². The molecular weight excluding hydrogens is 230 g/mol. The van der Waals surface area contributed by atoms with Gasteiger partial charge in [0.25, 0.3) is 11.8 Å². The predicted octanol–water partition coefficient (Wildman–Crippen LogP) is 1.20. The van der Waals surface area contributed by atoms with Gasteiger partial charge in [-0.05, 0) is 37.8 Å². The van der Waals surface area contributed by atoms with Gasteiger partial charge in [0, 0.05) is 12.3 Å². The largest absolute Gasteiger partial charge is 0.288 e. The van der Waals surface area contributed by atoms with Crippen LogP contribution in [0.1, 0.15) is 30.3 Å². The van der Waals surface area contributed by atoms with Crippen molar-refractivity contribution < 1.29 is 9.59 Å². The number of carbonyl (C=O) groups excluding carboxylic acids is 2. The summed E-state index contributed by atoms with van der Waals surface area (Å²) in [5.74, 6) is -0.202. The minimum absolute atomic E-state index is 0.265. The van der Waals surface area contributed by atoms with Crippen LogP contribution in [0.25, 0.3) is 0 Å². The molecule has 5 nitrogen and oxygen atoms in total. The van der Waals surface area contributed by atoms with Crippen LogP contribution < -0.4 is 10.9 Å². The Kier molecular flexibility index (Phi) is 3.72. The van der Waals surface area contributed by atoms with Crippen LogP contribution in [0.15, 0.2) is 36.0 Å². The van der Waals surface area contributed by atoms with Crippen molar-refractivity contribution in [3.63, 3.8) is 0 Å². The second-order valence-corrected chi connectivity index (χ2v) is 4.32. The molecule has 1 aliphatic carbocycles. The smallest absolute Gasteiger partial charge is 0.268 e. The van der Waals surface area contributed by atoms with Crippen molar-refractivity contribution in [2.75, 3.05) is 0 Å². The molecule has 0 unspecified atom stereocenters. The van der Waals surface area contributed by atoms with E-state index in [2.05, 4.69) is 15.8 Å². The van der Waals surface area contributed by atoms with Crippen molar-refractivity contribution in [1.29, 1.82) is 0 Å². The van der Waals surface area contributed by atoms with Crippen LogP contribution >= 0.6 is 0 Å². The zero-order valence-corrected chi connectivity index (χ0v) is 10.1. The summed E-state index contributed by atoms with van der Waals surface area (Å²) >= 11 is 0. The lowest BCUT2D eigenvalue weighted by molar-refractivity contribution is -0.117. The molecule has 1 heterocycles. The molecule has 0 saturated heterocycles. The number of hydrogen-bond acceptors (Lipinski definition) is 3. The van der Waals surface area contributed by atoms with Crippen molar-refractivity contribution in [3.8, 4) is 0 Å². The van der Waals surface area contributed by atoms with E-state index in [4.69, 9.17) is 0 Å². The lowest BCUT2D eigenvalue weighted by Crippen LogP contribution is -2.41. The molecule has 0 aromatic carbocycles. The van der Waals surface area contributed by atoms with Crippen LogP contribution in [0.4, 0.5) is 0 Å². The number of carbonyl (C=O) groups is 2. The first kappa shape index (κ1) is 12.3. The lowest BCUT2D eigenvalue weighted by atomic mass is 10.2. The molecule has 1 aromatic rings. The molecule has 2 N–H and O–H groups in total. The SMILES string of the molecule is C/C(=C\C(=O)NNC(=O)c1ccccn1)C1CC1. The van der Waals surface area contributed by atoms with Crippen LogP contribution in [0.5, 0.6) is 0 Å². The van der Waals surface area contributed by atoms with Crippen molar-refractivity contribution in [2.24, 2.45) is 5.92 Å². The first-order chi connectivity index (χ1) is 8.66. The van der Waals surface area contributed by atoms with Gasteiger partial charge in [0.2, 0.25) is 0 Å². The first-order valence-corrected chi connectivity index (χ1v) is 5.86. The molecule has 5 heteroatoms. The Morgan fingerprint density at radius 3 is 2.72 bits per heavy atom. The number of nitrogens with zero attached hydrogens (tertiary/aromatic N) is 1. The third kappa shape index (κ3) is 3.41. The number of pyridine rings is 1. The number of amides is 2. The van der Waals surface area contributed by atoms with Gasteiger partial charge in [-0.15, -0.1) is 0 Å². The zero-order chi connectivity index (χ0) is 13.0. The van der Waals surface area contributed by atoms with E-state index >= 15 is 0 Å². The maximum absolute atomic E-state index is 11.6. The van der Waals surface area contributed by atoms with Gasteiger partial charge in [-0.2, -0.15) is 0 Å². The molecule has 0 atom stereocenters. The molecule has 1 saturated carbocycles. The second kappa shape index (κ2) is 5.44. The van der Waals surface area contributed by atoms with Crippen molar-refractivity contribution in [1.82, 2.24) is 15.8 Å². The fraction of sp³-hybridized carbons (Fsp3) is 0.308. The summed E-state index contributed by atoms with van der Waals surface area (Å²) in [5.41, 5.74) is 5.98. The summed E-state index contributed by atoms with van der Waals surface area (Å²) in [7, 11) is 0. The number of hydrogen-bond donors (Lipinski definition) is 2. The number of nitrogens with one attached hydrogen (secondary N) is 2. The van der Waals surface area contributed by atoms with Crippen molar-refractivity contribution in [3.05, 3.63) is 41.7 Å². The van der Waals surface area contributed by atoms with E-state index in [1.807, 2.05) is 6.92 Å². The van der Waals surface area contributed by atoms with Gasteiger partial charge in [0.15, 0.2) is 0 Å². The van der Waals surface area contributed by atoms with Gasteiger partial charge in [-0.25, -0.2) is 0 Å². The molecule has 94 valence electrons. The highest BCUT2D eigenvalue weighted by Gasteiger charge is 2.23. The summed E-state index contributed by atoms with van der Waals surface area (Å²) < 4.78 is 0. The molecular formula is C13H15N3O2. The van der Waals surface area contributed by atoms with E-state index in [0.29, 0.717) is 5.92 Å². The Bertz CT molecular complexity index is 478. The van der Waals surface area contributed by atoms with Gasteiger partial charge >= 0.3 is 0 Å². The normalized spacial score (nSPS) is 15.1. The fourth-order valence-corrected chi connectivity index (χ4v) is 1.58. The van der Waals surface area contributed by atoms with Gasteiger partial charge in [0.05, 0.1) is 0 Å². The van der Waals surface area contributed by atoms with E-state index in [1.54, 1.807) is 18.2 Å². The molecule has 0 bridgehead atoms. The summed E-state index contributed by atoms with van der Waals surface area (Å²) in [5, 5.41) is 0. The highest BCUT2D eigenvalue weighted by atomic mass is 16.2. The maximum Gasteiger partial charge on any atom is 0.288 e. The van der Waals surface area contributed by atoms with E-state index in [0.717, 1.165) is 18.4 Å². The molecule has 0 radical (unpaired) electrons. The summed E-state index contributed by atoms with van der Waals surface area (Å²) in [6, 6.07) is 5.00. The quantitative estimate of drug-likeness (QED) is 0.621. The number of aromatic nitrogens is 1. The maximum atomic E-state index is 11.6. The van der Waals surface area contributed by atoms with E-state index in [1.165, 1.54) is 12.3 Å². The molecule has 1 aliphatic rings. The van der Waals surface area contributed by atoms with Gasteiger partial charge in [-0.3, -0.25) is 25.4 Å². The summed E-state index contributed by atoms with van der Waals surface area (Å²) in [6.07, 6.45) is 5.34. The van der Waals surface area contributed by atoms with Crippen LogP contribution in [0.3, 0.4) is 0 Å². The monoisotopic (exact) mass is 245 g/mol. The second-order valence-electron chi connectivity index (χ2n) is 4.32. The third-order valence-corrected chi connectivity index (χ3v) is 2.78. The number of hydrazine groups is 1. The van der Waals surface area contributed by atoms with Gasteiger partial charge in [-0.1, -0.05) is 11.6 Å². The molecule has 0 spiro atoms. The Hall–Kier alpha value is -2.17. The fourth-order valence-electron chi connectivity index (χ4n) is 1.58. The van der Waals surface area contributed by atoms with E-state index in [9.17, 15) is 9.59 Å². The van der Waals surface area contributed by atoms with Crippen LogP contribution in [0.2, 0.25) is 0 Å². The summed E-state index contributed by atoms with van der Waals surface area (Å²) in [6.45, 7) is 1.93. The topological polar surface area (TPSA) is 71.1 Å². The molecule has 2 amide bonds. The van der Waals surface area contributed by atoms with E-state index < -0.39 is 5.91 Å². The highest BCUT2D eigenvalue weighted by molar-refractivity contribution is 5.95. The Labute approximate surface area is 105 Å². The standard InChI is InChI=1S/C13H15N3O2/c1-9(10-5-6-10)8-12(17)15-16-13(18)11-4-2-3-7-14-11/h2-4,7-8,10H,5-6H2,1H3,(H,15,17)(H,16,18)/b9-8+. The van der Waals surface area contributed by atoms with E-state index in [-0.39, 0.29) is 11.6 Å². The highest BCUT2D eigenvalue weighted by Crippen LogP contribution is 2.35. The van der Waals surface area contributed by atoms with Crippen LogP contribution in [0, 0.1) is 5.92 Å². The first-order valence-electron chi connectivity index (χ1n) is 5.86. The number of allylic oxidation sites excluding steroid dienone is 1. The molecule has 1 aromatic heterocycles. The zero-order valence-electron chi connectivity index (χ0n) is 10.1. The van der Waals surface area contributed by atoms with Crippen molar-refractivity contribution >= 4 is 11.8 Å². The average Bonchev–Trinajstić information content (AvgIpc) is 3.21. The molecule has 2 rings (SSSR count). The average molecular weight is 245 g/mol. The minimum Gasteiger partial charge on any atom is -0.268 e. The Morgan fingerprint density at radius 1 is 1.33 bits per heavy atom. The van der Waals surface area contributed by atoms with Crippen molar-refractivity contribution in [2.45, 2.75) is 19.8 Å². The Morgan fingerprint density at radius 2 is 2.11 bits per heavy atom. The summed E-state index contributed by atoms with van der Waals surface area (Å²) in [4.78, 5) is 26.9. The van der Waals surface area contributed by atoms with Gasteiger partial charge < -0.3 is 0 Å². The Balaban J connectivity index is 1.82. The third-order valence-electron chi connectivity index (χ3n) is 2.78. The lowest BCUT2D eigenvalue weighted by Gasteiger charge is -2.05. The minimum atomic E-state index is -0.429. The number of rotatable bonds is 3. The molecule has 1 fully saturated rings. The van der Waals surface area contributed by atoms with Crippen LogP contribution in [-0.4, -0.2) is 16.8 Å². The molecule has 18 heavy (non-hydrogen) atoms.